The number of terminal acetylenes is 1. The lowest BCUT2D eigenvalue weighted by Crippen LogP contribution is -2.59. The van der Waals surface area contributed by atoms with Gasteiger partial charge < -0.3 is 14.2 Å². The maximum atomic E-state index is 5.87. The molecule has 19 heavy (non-hydrogen) atoms. The molecule has 108 valence electrons. The van der Waals surface area contributed by atoms with E-state index >= 15 is 0 Å². The molecular formula is C16H26O3. The zero-order chi connectivity index (χ0) is 13.6. The quantitative estimate of drug-likeness (QED) is 0.497. The van der Waals surface area contributed by atoms with Crippen LogP contribution in [0.2, 0.25) is 0 Å². The smallest absolute Gasteiger partial charge is 0.282 e. The molecule has 0 atom stereocenters. The van der Waals surface area contributed by atoms with E-state index < -0.39 is 5.97 Å². The Kier molecular flexibility index (Phi) is 5.27. The Morgan fingerprint density at radius 2 is 1.58 bits per heavy atom. The molecule has 0 aromatic rings. The first-order valence-corrected chi connectivity index (χ1v) is 7.60. The number of fused-ring (bicyclic) bond motifs is 3. The molecule has 0 aliphatic carbocycles. The van der Waals surface area contributed by atoms with Crippen LogP contribution in [0.1, 0.15) is 58.3 Å². The van der Waals surface area contributed by atoms with Crippen molar-refractivity contribution in [2.75, 3.05) is 19.8 Å². The van der Waals surface area contributed by atoms with Gasteiger partial charge in [0.05, 0.1) is 19.8 Å². The number of hydrogen-bond donors (Lipinski definition) is 0. The van der Waals surface area contributed by atoms with Crippen molar-refractivity contribution in [2.24, 2.45) is 5.41 Å². The van der Waals surface area contributed by atoms with Crippen LogP contribution in [-0.2, 0) is 14.2 Å². The monoisotopic (exact) mass is 266 g/mol. The third kappa shape index (κ3) is 3.72. The van der Waals surface area contributed by atoms with Gasteiger partial charge in [0.25, 0.3) is 5.97 Å². The van der Waals surface area contributed by atoms with Gasteiger partial charge in [-0.1, -0.05) is 26.2 Å². The summed E-state index contributed by atoms with van der Waals surface area (Å²) in [5, 5.41) is 0. The summed E-state index contributed by atoms with van der Waals surface area (Å²) in [5.74, 6) is 1.94. The molecule has 0 radical (unpaired) electrons. The minimum absolute atomic E-state index is 0.114. The van der Waals surface area contributed by atoms with Crippen LogP contribution in [-0.4, -0.2) is 25.8 Å². The van der Waals surface area contributed by atoms with E-state index in [4.69, 9.17) is 20.6 Å². The van der Waals surface area contributed by atoms with Crippen LogP contribution >= 0.6 is 0 Å². The lowest BCUT2D eigenvalue weighted by molar-refractivity contribution is -0.470. The average molecular weight is 266 g/mol. The Bertz CT molecular complexity index is 294. The van der Waals surface area contributed by atoms with Crippen LogP contribution in [0.25, 0.3) is 0 Å². The minimum atomic E-state index is -0.735. The molecular weight excluding hydrogens is 240 g/mol. The van der Waals surface area contributed by atoms with Crippen LogP contribution in [0.3, 0.4) is 0 Å². The number of ether oxygens (including phenoxy) is 3. The van der Waals surface area contributed by atoms with Crippen LogP contribution in [0.15, 0.2) is 0 Å². The number of unbranched alkanes of at least 4 members (excludes halogenated alkanes) is 4. The van der Waals surface area contributed by atoms with Crippen molar-refractivity contribution in [3.05, 3.63) is 0 Å². The highest BCUT2D eigenvalue weighted by atomic mass is 16.9. The first-order valence-electron chi connectivity index (χ1n) is 7.60. The Labute approximate surface area is 117 Å². The maximum absolute atomic E-state index is 5.87. The highest BCUT2D eigenvalue weighted by Crippen LogP contribution is 2.43. The molecule has 3 aliphatic heterocycles. The summed E-state index contributed by atoms with van der Waals surface area (Å²) in [4.78, 5) is 0. The van der Waals surface area contributed by atoms with E-state index in [1.54, 1.807) is 0 Å². The van der Waals surface area contributed by atoms with Crippen molar-refractivity contribution in [1.82, 2.24) is 0 Å². The van der Waals surface area contributed by atoms with Crippen molar-refractivity contribution < 1.29 is 14.2 Å². The van der Waals surface area contributed by atoms with E-state index in [1.807, 2.05) is 0 Å². The van der Waals surface area contributed by atoms with Gasteiger partial charge in [-0.15, -0.1) is 12.3 Å². The second-order valence-corrected chi connectivity index (χ2v) is 5.92. The summed E-state index contributed by atoms with van der Waals surface area (Å²) in [6.45, 7) is 4.56. The van der Waals surface area contributed by atoms with Crippen LogP contribution in [0, 0.1) is 17.8 Å². The molecule has 0 unspecified atom stereocenters. The van der Waals surface area contributed by atoms with Gasteiger partial charge in [0.15, 0.2) is 0 Å². The Hall–Kier alpha value is -0.560. The van der Waals surface area contributed by atoms with E-state index in [9.17, 15) is 0 Å². The van der Waals surface area contributed by atoms with E-state index in [0.717, 1.165) is 58.3 Å². The van der Waals surface area contributed by atoms with E-state index in [-0.39, 0.29) is 5.41 Å². The van der Waals surface area contributed by atoms with Crippen molar-refractivity contribution >= 4 is 0 Å². The molecule has 3 saturated heterocycles. The summed E-state index contributed by atoms with van der Waals surface area (Å²) in [6.07, 6.45) is 13.8. The molecule has 0 N–H and O–H groups in total. The number of hydrogen-bond acceptors (Lipinski definition) is 3. The molecule has 3 fully saturated rings. The first-order chi connectivity index (χ1) is 9.24. The van der Waals surface area contributed by atoms with Crippen molar-refractivity contribution in [1.29, 1.82) is 0 Å². The van der Waals surface area contributed by atoms with Crippen LogP contribution in [0.5, 0.6) is 0 Å². The second kappa shape index (κ2) is 6.74. The Balaban J connectivity index is 1.67. The predicted octanol–water partition coefficient (Wildman–Crippen LogP) is 3.48. The SMILES string of the molecule is C#CCCCCCCC12OCC(CCC)(CO1)CO2. The molecule has 3 aliphatic rings. The summed E-state index contributed by atoms with van der Waals surface area (Å²) in [6, 6.07) is 0. The maximum Gasteiger partial charge on any atom is 0.282 e. The molecule has 3 nitrogen and oxygen atoms in total. The van der Waals surface area contributed by atoms with Crippen molar-refractivity contribution in [3.63, 3.8) is 0 Å². The molecule has 3 heteroatoms. The largest absolute Gasteiger partial charge is 0.327 e. The van der Waals surface area contributed by atoms with Gasteiger partial charge in [0.2, 0.25) is 0 Å². The summed E-state index contributed by atoms with van der Waals surface area (Å²) in [7, 11) is 0. The van der Waals surface area contributed by atoms with E-state index in [0.29, 0.717) is 0 Å². The molecule has 0 aromatic carbocycles. The lowest BCUT2D eigenvalue weighted by atomic mass is 9.84. The standard InChI is InChI=1S/C16H26O3/c1-3-5-6-7-8-9-11-16-17-12-15(10-4-2,13-18-16)14-19-16/h1H,4-14H2,2H3. The molecule has 0 amide bonds. The predicted molar refractivity (Wildman–Crippen MR) is 74.5 cm³/mol. The van der Waals surface area contributed by atoms with Gasteiger partial charge in [0.1, 0.15) is 0 Å². The van der Waals surface area contributed by atoms with Gasteiger partial charge in [-0.25, -0.2) is 0 Å². The Morgan fingerprint density at radius 3 is 2.16 bits per heavy atom. The topological polar surface area (TPSA) is 27.7 Å². The number of rotatable bonds is 8. The third-order valence-corrected chi connectivity index (χ3v) is 4.13. The fourth-order valence-electron chi connectivity index (χ4n) is 2.92. The third-order valence-electron chi connectivity index (χ3n) is 4.13. The van der Waals surface area contributed by atoms with Gasteiger partial charge in [0, 0.05) is 18.3 Å². The lowest BCUT2D eigenvalue weighted by Gasteiger charge is -2.52. The van der Waals surface area contributed by atoms with Crippen LogP contribution in [0.4, 0.5) is 0 Å². The zero-order valence-electron chi connectivity index (χ0n) is 12.1. The van der Waals surface area contributed by atoms with Gasteiger partial charge >= 0.3 is 0 Å². The molecule has 0 saturated carbocycles. The highest BCUT2D eigenvalue weighted by Gasteiger charge is 2.51. The molecule has 3 rings (SSSR count). The van der Waals surface area contributed by atoms with Crippen molar-refractivity contribution in [2.45, 2.75) is 64.3 Å². The van der Waals surface area contributed by atoms with Crippen LogP contribution < -0.4 is 0 Å². The van der Waals surface area contributed by atoms with E-state index in [1.165, 1.54) is 12.8 Å². The normalized spacial score (nSPS) is 33.3. The molecule has 0 aromatic heterocycles. The Morgan fingerprint density at radius 1 is 0.947 bits per heavy atom. The van der Waals surface area contributed by atoms with E-state index in [2.05, 4.69) is 12.8 Å². The van der Waals surface area contributed by atoms with Gasteiger partial charge in [-0.2, -0.15) is 0 Å². The fraction of sp³-hybridized carbons (Fsp3) is 0.875. The average Bonchev–Trinajstić information content (AvgIpc) is 2.45. The summed E-state index contributed by atoms with van der Waals surface area (Å²) in [5.41, 5.74) is 0.114. The summed E-state index contributed by atoms with van der Waals surface area (Å²) >= 11 is 0. The van der Waals surface area contributed by atoms with Crippen molar-refractivity contribution in [3.8, 4) is 12.3 Å². The zero-order valence-corrected chi connectivity index (χ0v) is 12.1. The summed E-state index contributed by atoms with van der Waals surface area (Å²) < 4.78 is 17.6. The first kappa shape index (κ1) is 14.8. The van der Waals surface area contributed by atoms with Gasteiger partial charge in [-0.05, 0) is 19.3 Å². The second-order valence-electron chi connectivity index (χ2n) is 5.92. The highest BCUT2D eigenvalue weighted by molar-refractivity contribution is 4.88. The molecule has 2 bridgehead atoms. The molecule has 3 heterocycles. The minimum Gasteiger partial charge on any atom is -0.327 e. The van der Waals surface area contributed by atoms with Gasteiger partial charge in [-0.3, -0.25) is 0 Å². The molecule has 0 spiro atoms. The fourth-order valence-corrected chi connectivity index (χ4v) is 2.92.